The Morgan fingerprint density at radius 2 is 1.62 bits per heavy atom. The third kappa shape index (κ3) is 4.24. The lowest BCUT2D eigenvalue weighted by Crippen LogP contribution is -3.20. The van der Waals surface area contributed by atoms with E-state index >= 15 is 0 Å². The normalized spacial score (nSPS) is 27.7. The predicted octanol–water partition coefficient (Wildman–Crippen LogP) is 1.02. The number of piperidine rings is 2. The molecular weight excluding hydrogens is 276 g/mol. The number of benzene rings is 1. The van der Waals surface area contributed by atoms with Crippen LogP contribution in [-0.2, 0) is 6.54 Å². The van der Waals surface area contributed by atoms with Crippen molar-refractivity contribution in [2.75, 3.05) is 32.4 Å². The lowest BCUT2D eigenvalue weighted by molar-refractivity contribution is -0.965. The highest BCUT2D eigenvalue weighted by Crippen LogP contribution is 2.14. The van der Waals surface area contributed by atoms with E-state index in [1.165, 1.54) is 75.3 Å². The molecule has 0 saturated carbocycles. The fraction of sp³-hybridized carbons (Fsp3) is 0.667. The van der Waals surface area contributed by atoms with Gasteiger partial charge >= 0.3 is 0 Å². The van der Waals surface area contributed by atoms with Crippen molar-refractivity contribution < 1.29 is 9.80 Å². The number of hydrogen-bond acceptors (Lipinski definition) is 1. The largest absolute Gasteiger partial charge is 0.332 e. The third-order valence-corrected chi connectivity index (χ3v) is 6.12. The smallest absolute Gasteiger partial charge is 0.103 e. The monoisotopic (exact) mass is 306 g/mol. The van der Waals surface area contributed by atoms with E-state index in [1.807, 2.05) is 16.7 Å². The number of rotatable bonds is 4. The maximum atomic E-state index is 2.32. The van der Waals surface area contributed by atoms with Crippen LogP contribution in [0.15, 0.2) is 29.2 Å². The van der Waals surface area contributed by atoms with Crippen LogP contribution in [0.5, 0.6) is 0 Å². The summed E-state index contributed by atoms with van der Waals surface area (Å²) >= 11 is 1.83. The minimum Gasteiger partial charge on any atom is -0.332 e. The number of nitrogens with one attached hydrogen (secondary N) is 2. The number of hydrogen-bond donors (Lipinski definition) is 2. The maximum absolute atomic E-state index is 2.32. The highest BCUT2D eigenvalue weighted by atomic mass is 32.2. The highest BCUT2D eigenvalue weighted by Gasteiger charge is 2.30. The van der Waals surface area contributed by atoms with E-state index in [0.717, 1.165) is 6.04 Å². The van der Waals surface area contributed by atoms with Crippen LogP contribution in [0.2, 0.25) is 0 Å². The lowest BCUT2D eigenvalue weighted by atomic mass is 9.99. The van der Waals surface area contributed by atoms with Crippen molar-refractivity contribution in [3.63, 3.8) is 0 Å². The standard InChI is InChI=1S/C18H28N2S/c1-21-18-7-5-16(6-8-18)15-19-13-9-17(10-14-19)20-11-3-2-4-12-20/h5-8,17H,2-4,9-15H2,1H3/p+2. The van der Waals surface area contributed by atoms with E-state index in [2.05, 4.69) is 30.5 Å². The second-order valence-electron chi connectivity index (χ2n) is 6.77. The van der Waals surface area contributed by atoms with Crippen molar-refractivity contribution in [3.05, 3.63) is 29.8 Å². The summed E-state index contributed by atoms with van der Waals surface area (Å²) in [5.41, 5.74) is 1.51. The summed E-state index contributed by atoms with van der Waals surface area (Å²) in [5.74, 6) is 0. The van der Waals surface area contributed by atoms with Crippen molar-refractivity contribution in [2.45, 2.75) is 49.6 Å². The van der Waals surface area contributed by atoms with E-state index in [1.54, 1.807) is 4.90 Å². The van der Waals surface area contributed by atoms with Crippen LogP contribution in [0.25, 0.3) is 0 Å². The van der Waals surface area contributed by atoms with Gasteiger partial charge in [-0.1, -0.05) is 12.1 Å². The van der Waals surface area contributed by atoms with E-state index in [-0.39, 0.29) is 0 Å². The second kappa shape index (κ2) is 7.66. The topological polar surface area (TPSA) is 8.88 Å². The first-order chi connectivity index (χ1) is 10.3. The van der Waals surface area contributed by atoms with Crippen LogP contribution in [0.4, 0.5) is 0 Å². The number of quaternary nitrogens is 2. The summed E-state index contributed by atoms with van der Waals surface area (Å²) in [6.45, 7) is 6.85. The van der Waals surface area contributed by atoms with Crippen LogP contribution >= 0.6 is 11.8 Å². The maximum Gasteiger partial charge on any atom is 0.103 e. The zero-order valence-corrected chi connectivity index (χ0v) is 14.2. The van der Waals surface area contributed by atoms with Gasteiger partial charge in [0.2, 0.25) is 0 Å². The van der Waals surface area contributed by atoms with Gasteiger partial charge in [0.05, 0.1) is 32.2 Å². The van der Waals surface area contributed by atoms with Crippen molar-refractivity contribution in [1.82, 2.24) is 0 Å². The van der Waals surface area contributed by atoms with Crippen molar-refractivity contribution in [3.8, 4) is 0 Å². The molecule has 2 N–H and O–H groups in total. The molecule has 0 atom stereocenters. The SMILES string of the molecule is CSc1ccc(C[NH+]2CCC([NH+]3CCCCC3)CC2)cc1. The summed E-state index contributed by atoms with van der Waals surface area (Å²) in [5, 5.41) is 0. The first-order valence-electron chi connectivity index (χ1n) is 8.66. The summed E-state index contributed by atoms with van der Waals surface area (Å²) in [6.07, 6.45) is 9.42. The molecule has 0 bridgehead atoms. The molecule has 2 heterocycles. The summed E-state index contributed by atoms with van der Waals surface area (Å²) in [6, 6.07) is 10.1. The zero-order valence-electron chi connectivity index (χ0n) is 13.4. The molecule has 2 fully saturated rings. The fourth-order valence-corrected chi connectivity index (χ4v) is 4.47. The Balaban J connectivity index is 1.46. The van der Waals surface area contributed by atoms with Gasteiger partial charge < -0.3 is 9.80 Å². The third-order valence-electron chi connectivity index (χ3n) is 5.38. The van der Waals surface area contributed by atoms with Crippen LogP contribution in [0, 0.1) is 0 Å². The molecule has 1 aromatic carbocycles. The van der Waals surface area contributed by atoms with Gasteiger partial charge in [-0.05, 0) is 37.7 Å². The minimum atomic E-state index is 0.966. The van der Waals surface area contributed by atoms with Gasteiger partial charge in [0.1, 0.15) is 6.54 Å². The molecule has 0 unspecified atom stereocenters. The number of thioether (sulfide) groups is 1. The Labute approximate surface area is 133 Å². The first kappa shape index (κ1) is 15.4. The van der Waals surface area contributed by atoms with E-state index in [4.69, 9.17) is 0 Å². The molecule has 3 heteroatoms. The Kier molecular flexibility index (Phi) is 5.61. The Morgan fingerprint density at radius 1 is 0.952 bits per heavy atom. The van der Waals surface area contributed by atoms with Crippen LogP contribution in [-0.4, -0.2) is 38.5 Å². The van der Waals surface area contributed by atoms with Crippen molar-refractivity contribution in [2.24, 2.45) is 0 Å². The molecule has 0 aromatic heterocycles. The first-order valence-corrected chi connectivity index (χ1v) is 9.88. The Hall–Kier alpha value is -0.510. The van der Waals surface area contributed by atoms with Gasteiger partial charge in [-0.2, -0.15) is 0 Å². The highest BCUT2D eigenvalue weighted by molar-refractivity contribution is 7.98. The van der Waals surface area contributed by atoms with Gasteiger partial charge in [0.25, 0.3) is 0 Å². The van der Waals surface area contributed by atoms with Gasteiger partial charge in [0.15, 0.2) is 0 Å². The summed E-state index contributed by atoms with van der Waals surface area (Å²) in [4.78, 5) is 5.09. The van der Waals surface area contributed by atoms with E-state index in [9.17, 15) is 0 Å². The van der Waals surface area contributed by atoms with Crippen LogP contribution in [0.3, 0.4) is 0 Å². The van der Waals surface area contributed by atoms with Crippen molar-refractivity contribution in [1.29, 1.82) is 0 Å². The van der Waals surface area contributed by atoms with E-state index in [0.29, 0.717) is 0 Å². The zero-order chi connectivity index (χ0) is 14.5. The molecule has 2 aliphatic heterocycles. The summed E-state index contributed by atoms with van der Waals surface area (Å²) in [7, 11) is 0. The summed E-state index contributed by atoms with van der Waals surface area (Å²) < 4.78 is 0. The minimum absolute atomic E-state index is 0.966. The van der Waals surface area contributed by atoms with Gasteiger partial charge in [-0.3, -0.25) is 0 Å². The molecule has 0 aliphatic carbocycles. The molecule has 0 radical (unpaired) electrons. The fourth-order valence-electron chi connectivity index (χ4n) is 4.06. The van der Waals surface area contributed by atoms with Crippen LogP contribution < -0.4 is 9.80 Å². The molecule has 0 spiro atoms. The Bertz CT molecular complexity index is 417. The molecule has 2 saturated heterocycles. The van der Waals surface area contributed by atoms with Gasteiger partial charge in [-0.15, -0.1) is 11.8 Å². The lowest BCUT2D eigenvalue weighted by Gasteiger charge is -2.36. The average molecular weight is 307 g/mol. The molecule has 21 heavy (non-hydrogen) atoms. The molecule has 2 aliphatic rings. The Morgan fingerprint density at radius 3 is 2.24 bits per heavy atom. The van der Waals surface area contributed by atoms with Gasteiger partial charge in [-0.25, -0.2) is 0 Å². The molecule has 116 valence electrons. The van der Waals surface area contributed by atoms with E-state index < -0.39 is 0 Å². The molecular formula is C18H30N2S+2. The molecule has 0 amide bonds. The van der Waals surface area contributed by atoms with Crippen LogP contribution in [0.1, 0.15) is 37.7 Å². The molecule has 1 aromatic rings. The number of likely N-dealkylation sites (tertiary alicyclic amines) is 2. The molecule has 2 nitrogen and oxygen atoms in total. The average Bonchev–Trinajstić information content (AvgIpc) is 2.57. The molecule has 3 rings (SSSR count). The predicted molar refractivity (Wildman–Crippen MR) is 90.2 cm³/mol. The second-order valence-corrected chi connectivity index (χ2v) is 7.65. The van der Waals surface area contributed by atoms with Gasteiger partial charge in [0, 0.05) is 23.3 Å². The van der Waals surface area contributed by atoms with Crippen molar-refractivity contribution >= 4 is 11.8 Å². The quantitative estimate of drug-likeness (QED) is 0.790.